The summed E-state index contributed by atoms with van der Waals surface area (Å²) in [5.74, 6) is -0.462. The van der Waals surface area contributed by atoms with Crippen molar-refractivity contribution in [2.45, 2.75) is 19.1 Å². The minimum Gasteiger partial charge on any atom is -0.379 e. The van der Waals surface area contributed by atoms with Crippen LogP contribution in [0.2, 0.25) is 0 Å². The molecule has 0 aliphatic carbocycles. The van der Waals surface area contributed by atoms with Crippen LogP contribution in [0.4, 0.5) is 4.79 Å². The molecule has 0 aromatic rings. The molecule has 1 unspecified atom stereocenters. The summed E-state index contributed by atoms with van der Waals surface area (Å²) in [6.45, 7) is 3.77. The Bertz CT molecular complexity index is 244. The number of amidine groups is 1. The van der Waals surface area contributed by atoms with E-state index < -0.39 is 17.2 Å². The molecule has 1 atom stereocenters. The van der Waals surface area contributed by atoms with Gasteiger partial charge in [-0.05, 0) is 13.8 Å². The number of thioether (sulfide) groups is 1. The molecule has 0 aliphatic rings. The molecule has 0 fully saturated rings. The minimum absolute atomic E-state index is 0.149. The van der Waals surface area contributed by atoms with Crippen molar-refractivity contribution in [2.75, 3.05) is 6.54 Å². The SMILES string of the molecule is CCNC(=O)NC(=O)C(C)SC(=N)N. The first-order valence-corrected chi connectivity index (χ1v) is 4.94. The number of nitrogens with two attached hydrogens (primary N) is 1. The van der Waals surface area contributed by atoms with Gasteiger partial charge in [-0.15, -0.1) is 0 Å². The van der Waals surface area contributed by atoms with E-state index in [2.05, 4.69) is 10.6 Å². The molecular weight excluding hydrogens is 204 g/mol. The highest BCUT2D eigenvalue weighted by Crippen LogP contribution is 2.08. The molecule has 14 heavy (non-hydrogen) atoms. The molecule has 0 aromatic heterocycles. The second kappa shape index (κ2) is 6.25. The van der Waals surface area contributed by atoms with Gasteiger partial charge in [0.25, 0.3) is 0 Å². The van der Waals surface area contributed by atoms with Crippen LogP contribution < -0.4 is 16.4 Å². The molecule has 3 amide bonds. The van der Waals surface area contributed by atoms with Gasteiger partial charge in [-0.2, -0.15) is 0 Å². The van der Waals surface area contributed by atoms with Gasteiger partial charge in [-0.3, -0.25) is 15.5 Å². The van der Waals surface area contributed by atoms with Gasteiger partial charge in [-0.25, -0.2) is 4.79 Å². The first kappa shape index (κ1) is 12.8. The predicted octanol–water partition coefficient (Wildman–Crippen LogP) is -0.153. The summed E-state index contributed by atoms with van der Waals surface area (Å²) in [6, 6.07) is -0.534. The zero-order valence-corrected chi connectivity index (χ0v) is 8.90. The molecule has 80 valence electrons. The number of amides is 3. The summed E-state index contributed by atoms with van der Waals surface area (Å²) in [4.78, 5) is 22.1. The van der Waals surface area contributed by atoms with Crippen molar-refractivity contribution in [3.63, 3.8) is 0 Å². The Balaban J connectivity index is 3.95. The lowest BCUT2D eigenvalue weighted by atomic mass is 10.4. The van der Waals surface area contributed by atoms with E-state index in [4.69, 9.17) is 11.1 Å². The van der Waals surface area contributed by atoms with Crippen LogP contribution in [0.5, 0.6) is 0 Å². The van der Waals surface area contributed by atoms with E-state index in [1.165, 1.54) is 0 Å². The van der Waals surface area contributed by atoms with E-state index in [0.29, 0.717) is 6.54 Å². The van der Waals surface area contributed by atoms with Gasteiger partial charge < -0.3 is 11.1 Å². The fourth-order valence-electron chi connectivity index (χ4n) is 0.662. The minimum atomic E-state index is -0.546. The largest absolute Gasteiger partial charge is 0.379 e. The molecule has 6 nitrogen and oxygen atoms in total. The van der Waals surface area contributed by atoms with Gasteiger partial charge in [0.1, 0.15) is 0 Å². The second-order valence-corrected chi connectivity index (χ2v) is 3.86. The lowest BCUT2D eigenvalue weighted by molar-refractivity contribution is -0.119. The van der Waals surface area contributed by atoms with Crippen LogP contribution in [-0.4, -0.2) is 28.9 Å². The Morgan fingerprint density at radius 2 is 2.14 bits per heavy atom. The molecule has 0 saturated heterocycles. The van der Waals surface area contributed by atoms with Crippen LogP contribution in [0.25, 0.3) is 0 Å². The highest BCUT2D eigenvalue weighted by atomic mass is 32.2. The third-order valence-corrected chi connectivity index (χ3v) is 2.07. The number of nitrogens with one attached hydrogen (secondary N) is 3. The fraction of sp³-hybridized carbons (Fsp3) is 0.571. The maximum atomic E-state index is 11.2. The topological polar surface area (TPSA) is 108 Å². The Kier molecular flexibility index (Phi) is 5.70. The van der Waals surface area contributed by atoms with Crippen molar-refractivity contribution >= 4 is 28.9 Å². The lowest BCUT2D eigenvalue weighted by Gasteiger charge is -2.09. The zero-order valence-electron chi connectivity index (χ0n) is 8.09. The van der Waals surface area contributed by atoms with E-state index in [1.807, 2.05) is 0 Å². The van der Waals surface area contributed by atoms with Crippen molar-refractivity contribution in [1.29, 1.82) is 5.41 Å². The summed E-state index contributed by atoms with van der Waals surface area (Å²) in [5, 5.41) is 10.8. The van der Waals surface area contributed by atoms with Gasteiger partial charge in [0, 0.05) is 6.54 Å². The van der Waals surface area contributed by atoms with Crippen LogP contribution in [0, 0.1) is 5.41 Å². The molecule has 7 heteroatoms. The monoisotopic (exact) mass is 218 g/mol. The van der Waals surface area contributed by atoms with Crippen molar-refractivity contribution in [3.8, 4) is 0 Å². The van der Waals surface area contributed by atoms with Crippen LogP contribution in [0.1, 0.15) is 13.8 Å². The highest BCUT2D eigenvalue weighted by Gasteiger charge is 2.16. The van der Waals surface area contributed by atoms with Gasteiger partial charge in [0.2, 0.25) is 5.91 Å². The van der Waals surface area contributed by atoms with Gasteiger partial charge in [-0.1, -0.05) is 11.8 Å². The average Bonchev–Trinajstić information content (AvgIpc) is 2.02. The maximum Gasteiger partial charge on any atom is 0.321 e. The van der Waals surface area contributed by atoms with E-state index in [9.17, 15) is 9.59 Å². The Morgan fingerprint density at radius 3 is 2.57 bits per heavy atom. The Morgan fingerprint density at radius 1 is 1.57 bits per heavy atom. The molecule has 0 spiro atoms. The molecule has 0 bridgehead atoms. The first-order chi connectivity index (χ1) is 6.47. The molecule has 0 aromatic carbocycles. The van der Waals surface area contributed by atoms with Crippen molar-refractivity contribution in [2.24, 2.45) is 5.73 Å². The predicted molar refractivity (Wildman–Crippen MR) is 56.2 cm³/mol. The number of urea groups is 1. The normalized spacial score (nSPS) is 11.6. The molecule has 0 radical (unpaired) electrons. The molecule has 0 rings (SSSR count). The van der Waals surface area contributed by atoms with Crippen LogP contribution in [0.15, 0.2) is 0 Å². The Labute approximate surface area is 86.5 Å². The smallest absolute Gasteiger partial charge is 0.321 e. The van der Waals surface area contributed by atoms with Gasteiger partial charge >= 0.3 is 6.03 Å². The van der Waals surface area contributed by atoms with Crippen LogP contribution >= 0.6 is 11.8 Å². The summed E-state index contributed by atoms with van der Waals surface area (Å²) in [5.41, 5.74) is 5.09. The van der Waals surface area contributed by atoms with Crippen LogP contribution in [-0.2, 0) is 4.79 Å². The molecule has 5 N–H and O–H groups in total. The Hall–Kier alpha value is -1.24. The van der Waals surface area contributed by atoms with E-state index in [1.54, 1.807) is 13.8 Å². The summed E-state index contributed by atoms with van der Waals surface area (Å²) < 4.78 is 0. The zero-order chi connectivity index (χ0) is 11.1. The number of carbonyl (C=O) groups excluding carboxylic acids is 2. The lowest BCUT2D eigenvalue weighted by Crippen LogP contribution is -2.43. The molecular formula is C7H14N4O2S. The quantitative estimate of drug-likeness (QED) is 0.390. The summed E-state index contributed by atoms with van der Waals surface area (Å²) >= 11 is 0.892. The number of imide groups is 1. The number of carbonyl (C=O) groups is 2. The van der Waals surface area contributed by atoms with Crippen molar-refractivity contribution < 1.29 is 9.59 Å². The summed E-state index contributed by atoms with van der Waals surface area (Å²) in [7, 11) is 0. The first-order valence-electron chi connectivity index (χ1n) is 4.06. The fourth-order valence-corrected chi connectivity index (χ4v) is 1.21. The third-order valence-electron chi connectivity index (χ3n) is 1.25. The average molecular weight is 218 g/mol. The van der Waals surface area contributed by atoms with E-state index in [0.717, 1.165) is 11.8 Å². The molecule has 0 heterocycles. The molecule has 0 aliphatic heterocycles. The maximum absolute atomic E-state index is 11.2. The van der Waals surface area contributed by atoms with E-state index in [-0.39, 0.29) is 5.17 Å². The van der Waals surface area contributed by atoms with Gasteiger partial charge in [0.15, 0.2) is 5.17 Å². The highest BCUT2D eigenvalue weighted by molar-refractivity contribution is 8.14. The van der Waals surface area contributed by atoms with Crippen LogP contribution in [0.3, 0.4) is 0 Å². The second-order valence-electron chi connectivity index (χ2n) is 2.47. The number of hydrogen-bond acceptors (Lipinski definition) is 4. The van der Waals surface area contributed by atoms with Crippen molar-refractivity contribution in [3.05, 3.63) is 0 Å². The van der Waals surface area contributed by atoms with Crippen molar-refractivity contribution in [1.82, 2.24) is 10.6 Å². The number of hydrogen-bond donors (Lipinski definition) is 4. The summed E-state index contributed by atoms with van der Waals surface area (Å²) in [6.07, 6.45) is 0. The third kappa shape index (κ3) is 5.41. The number of rotatable bonds is 3. The van der Waals surface area contributed by atoms with Gasteiger partial charge in [0.05, 0.1) is 5.25 Å². The van der Waals surface area contributed by atoms with E-state index >= 15 is 0 Å². The standard InChI is InChI=1S/C7H14N4O2S/c1-3-10-7(13)11-5(12)4(2)14-6(8)9/h4H,3H2,1-2H3,(H3,8,9)(H2,10,11,12,13). The molecule has 0 saturated carbocycles.